The maximum atomic E-state index is 9.83. The molecule has 1 atom stereocenters. The van der Waals surface area contributed by atoms with Gasteiger partial charge in [-0.1, -0.05) is 52.0 Å². The Balaban J connectivity index is 0.000000686. The van der Waals surface area contributed by atoms with E-state index in [0.717, 1.165) is 12.8 Å². The Morgan fingerprint density at radius 1 is 1.12 bits per heavy atom. The van der Waals surface area contributed by atoms with Crippen molar-refractivity contribution in [3.05, 3.63) is 35.4 Å². The van der Waals surface area contributed by atoms with Gasteiger partial charge in [0.15, 0.2) is 0 Å². The predicted molar refractivity (Wildman–Crippen MR) is 74.5 cm³/mol. The molecule has 0 radical (unpaired) electrons. The maximum absolute atomic E-state index is 9.83. The quantitative estimate of drug-likeness (QED) is 0.829. The molecule has 96 valence electrons. The van der Waals surface area contributed by atoms with E-state index < -0.39 is 0 Å². The fourth-order valence-electron chi connectivity index (χ4n) is 2.29. The third-order valence-electron chi connectivity index (χ3n) is 3.72. The Kier molecular flexibility index (Phi) is 4.76. The van der Waals surface area contributed by atoms with Crippen molar-refractivity contribution in [2.75, 3.05) is 0 Å². The van der Waals surface area contributed by atoms with Crippen LogP contribution < -0.4 is 0 Å². The monoisotopic (exact) mass is 234 g/mol. The molecule has 0 saturated heterocycles. The van der Waals surface area contributed by atoms with Crippen LogP contribution in [0.4, 0.5) is 0 Å². The number of aliphatic hydroxyl groups is 1. The van der Waals surface area contributed by atoms with Gasteiger partial charge in [0, 0.05) is 5.41 Å². The number of benzene rings is 1. The molecule has 2 rings (SSSR count). The first-order valence-electron chi connectivity index (χ1n) is 6.85. The summed E-state index contributed by atoms with van der Waals surface area (Å²) in [5.74, 6) is 0.565. The predicted octanol–water partition coefficient (Wildman–Crippen LogP) is 4.25. The standard InChI is InChI=1S/C14H20O.C2H6/c1-10(2)12-5-4-6-13(9-12)14(7-8-14)11(3)15;1-2/h4-6,9-11,15H,7-8H2,1-3H3;1-2H3. The molecule has 1 N–H and O–H groups in total. The van der Waals surface area contributed by atoms with Gasteiger partial charge in [0.05, 0.1) is 6.10 Å². The van der Waals surface area contributed by atoms with Crippen molar-refractivity contribution in [2.24, 2.45) is 0 Å². The van der Waals surface area contributed by atoms with Gasteiger partial charge in [-0.15, -0.1) is 0 Å². The van der Waals surface area contributed by atoms with Gasteiger partial charge in [-0.05, 0) is 36.8 Å². The zero-order chi connectivity index (χ0) is 13.1. The Labute approximate surface area is 106 Å². The van der Waals surface area contributed by atoms with Crippen LogP contribution in [0.1, 0.15) is 64.5 Å². The van der Waals surface area contributed by atoms with Crippen molar-refractivity contribution in [2.45, 2.75) is 64.9 Å². The summed E-state index contributed by atoms with van der Waals surface area (Å²) in [6.07, 6.45) is 2.04. The summed E-state index contributed by atoms with van der Waals surface area (Å²) in [6, 6.07) is 8.72. The highest BCUT2D eigenvalue weighted by atomic mass is 16.3. The van der Waals surface area contributed by atoms with E-state index in [1.807, 2.05) is 20.8 Å². The van der Waals surface area contributed by atoms with E-state index in [1.54, 1.807) is 0 Å². The van der Waals surface area contributed by atoms with Gasteiger partial charge in [0.25, 0.3) is 0 Å². The van der Waals surface area contributed by atoms with Crippen molar-refractivity contribution in [1.82, 2.24) is 0 Å². The first kappa shape index (κ1) is 14.2. The number of hydrogen-bond donors (Lipinski definition) is 1. The second-order valence-electron chi connectivity index (χ2n) is 5.11. The topological polar surface area (TPSA) is 20.2 Å². The van der Waals surface area contributed by atoms with Crippen LogP contribution in [0.5, 0.6) is 0 Å². The maximum Gasteiger partial charge on any atom is 0.0608 e. The molecule has 1 aromatic carbocycles. The lowest BCUT2D eigenvalue weighted by atomic mass is 9.88. The molecule has 1 aliphatic carbocycles. The molecule has 0 spiro atoms. The van der Waals surface area contributed by atoms with Crippen LogP contribution in [-0.2, 0) is 5.41 Å². The van der Waals surface area contributed by atoms with Gasteiger partial charge >= 0.3 is 0 Å². The molecule has 1 saturated carbocycles. The summed E-state index contributed by atoms with van der Waals surface area (Å²) in [4.78, 5) is 0. The Bertz CT molecular complexity index is 348. The number of hydrogen-bond acceptors (Lipinski definition) is 1. The van der Waals surface area contributed by atoms with Crippen molar-refractivity contribution in [1.29, 1.82) is 0 Å². The summed E-state index contributed by atoms with van der Waals surface area (Å²) >= 11 is 0. The second-order valence-corrected chi connectivity index (χ2v) is 5.11. The van der Waals surface area contributed by atoms with Crippen molar-refractivity contribution < 1.29 is 5.11 Å². The van der Waals surface area contributed by atoms with E-state index in [1.165, 1.54) is 11.1 Å². The van der Waals surface area contributed by atoms with Gasteiger partial charge in [0.1, 0.15) is 0 Å². The Morgan fingerprint density at radius 2 is 1.71 bits per heavy atom. The largest absolute Gasteiger partial charge is 0.392 e. The minimum absolute atomic E-state index is 0.0743. The van der Waals surface area contributed by atoms with E-state index in [9.17, 15) is 5.11 Å². The van der Waals surface area contributed by atoms with Gasteiger partial charge in [-0.25, -0.2) is 0 Å². The van der Waals surface area contributed by atoms with Crippen LogP contribution in [0.15, 0.2) is 24.3 Å². The molecule has 1 aromatic rings. The first-order valence-corrected chi connectivity index (χ1v) is 6.85. The van der Waals surface area contributed by atoms with E-state index in [-0.39, 0.29) is 11.5 Å². The van der Waals surface area contributed by atoms with E-state index >= 15 is 0 Å². The molecular formula is C16H26O. The minimum Gasteiger partial charge on any atom is -0.392 e. The Morgan fingerprint density at radius 3 is 2.12 bits per heavy atom. The van der Waals surface area contributed by atoms with Crippen molar-refractivity contribution >= 4 is 0 Å². The highest BCUT2D eigenvalue weighted by Crippen LogP contribution is 2.51. The first-order chi connectivity index (χ1) is 8.06. The summed E-state index contributed by atoms with van der Waals surface area (Å²) in [6.45, 7) is 10.3. The fourth-order valence-corrected chi connectivity index (χ4v) is 2.29. The lowest BCUT2D eigenvalue weighted by molar-refractivity contribution is 0.150. The zero-order valence-corrected chi connectivity index (χ0v) is 11.8. The summed E-state index contributed by atoms with van der Waals surface area (Å²) in [5, 5.41) is 9.83. The fraction of sp³-hybridized carbons (Fsp3) is 0.625. The molecule has 0 amide bonds. The van der Waals surface area contributed by atoms with Crippen LogP contribution in [0.2, 0.25) is 0 Å². The molecule has 0 aromatic heterocycles. The third kappa shape index (κ3) is 2.90. The average Bonchev–Trinajstić information content (AvgIpc) is 3.13. The van der Waals surface area contributed by atoms with Gasteiger partial charge < -0.3 is 5.11 Å². The zero-order valence-electron chi connectivity index (χ0n) is 11.8. The molecule has 0 aliphatic heterocycles. The summed E-state index contributed by atoms with van der Waals surface area (Å²) < 4.78 is 0. The van der Waals surface area contributed by atoms with Crippen LogP contribution in [-0.4, -0.2) is 11.2 Å². The number of rotatable bonds is 3. The smallest absolute Gasteiger partial charge is 0.0608 e. The van der Waals surface area contributed by atoms with Crippen LogP contribution in [0, 0.1) is 0 Å². The molecular weight excluding hydrogens is 208 g/mol. The van der Waals surface area contributed by atoms with Gasteiger partial charge in [-0.3, -0.25) is 0 Å². The van der Waals surface area contributed by atoms with Crippen LogP contribution in [0.25, 0.3) is 0 Å². The highest BCUT2D eigenvalue weighted by molar-refractivity contribution is 5.36. The molecule has 0 heterocycles. The van der Waals surface area contributed by atoms with Crippen LogP contribution in [0.3, 0.4) is 0 Å². The van der Waals surface area contributed by atoms with Crippen LogP contribution >= 0.6 is 0 Å². The molecule has 1 fully saturated rings. The third-order valence-corrected chi connectivity index (χ3v) is 3.72. The second kappa shape index (κ2) is 5.68. The summed E-state index contributed by atoms with van der Waals surface area (Å²) in [7, 11) is 0. The normalized spacial score (nSPS) is 18.3. The lowest BCUT2D eigenvalue weighted by Gasteiger charge is -2.20. The highest BCUT2D eigenvalue weighted by Gasteiger charge is 2.48. The van der Waals surface area contributed by atoms with Gasteiger partial charge in [-0.2, -0.15) is 0 Å². The average molecular weight is 234 g/mol. The van der Waals surface area contributed by atoms with E-state index in [4.69, 9.17) is 0 Å². The molecule has 1 heteroatoms. The van der Waals surface area contributed by atoms with E-state index in [0.29, 0.717) is 5.92 Å². The van der Waals surface area contributed by atoms with Gasteiger partial charge in [0.2, 0.25) is 0 Å². The molecule has 1 unspecified atom stereocenters. The molecule has 17 heavy (non-hydrogen) atoms. The molecule has 0 bridgehead atoms. The molecule has 1 nitrogen and oxygen atoms in total. The summed E-state index contributed by atoms with van der Waals surface area (Å²) in [5.41, 5.74) is 2.77. The number of aliphatic hydroxyl groups excluding tert-OH is 1. The minimum atomic E-state index is -0.222. The molecule has 1 aliphatic rings. The lowest BCUT2D eigenvalue weighted by Crippen LogP contribution is -2.22. The van der Waals surface area contributed by atoms with Crippen molar-refractivity contribution in [3.63, 3.8) is 0 Å². The van der Waals surface area contributed by atoms with Crippen molar-refractivity contribution in [3.8, 4) is 0 Å². The Hall–Kier alpha value is -0.820. The van der Waals surface area contributed by atoms with E-state index in [2.05, 4.69) is 38.1 Å². The SMILES string of the molecule is CC.CC(C)c1cccc(C2(C(C)O)CC2)c1.